The second kappa shape index (κ2) is 12.4. The van der Waals surface area contributed by atoms with Gasteiger partial charge in [0.1, 0.15) is 17.3 Å². The first-order valence-electron chi connectivity index (χ1n) is 10.7. The standard InChI is InChI=1S/C26H32FN3O2/c1-6-23(12-10-16-27)30(7-2)26(13-9-8-11-20(4)31)28-24-18-22(15-14-19(24)3)25-17-21(5)32-29-25/h6-7,10,14-18,23,31H,1-2,4,8-9,11-13H2,3,5H3/b16-10+,28-26-. The van der Waals surface area contributed by atoms with Gasteiger partial charge in [-0.15, -0.1) is 6.58 Å². The molecule has 2 aromatic rings. The van der Waals surface area contributed by atoms with Crippen molar-refractivity contribution in [1.82, 2.24) is 10.1 Å². The number of hydrogen-bond acceptors (Lipinski definition) is 4. The number of aliphatic imine (C=N–C) groups is 1. The molecule has 1 aromatic carbocycles. The van der Waals surface area contributed by atoms with Crippen LogP contribution in [0.25, 0.3) is 11.3 Å². The zero-order chi connectivity index (χ0) is 23.5. The Kier molecular flexibility index (Phi) is 9.67. The molecule has 0 radical (unpaired) electrons. The van der Waals surface area contributed by atoms with Crippen LogP contribution in [0.3, 0.4) is 0 Å². The highest BCUT2D eigenvalue weighted by Gasteiger charge is 2.17. The quantitative estimate of drug-likeness (QED) is 0.123. The fraction of sp³-hybridized carbons (Fsp3) is 0.308. The van der Waals surface area contributed by atoms with Gasteiger partial charge in [-0.05, 0) is 50.9 Å². The number of rotatable bonds is 12. The maximum atomic E-state index is 12.7. The van der Waals surface area contributed by atoms with E-state index in [-0.39, 0.29) is 11.8 Å². The molecule has 2 rings (SSSR count). The van der Waals surface area contributed by atoms with Crippen molar-refractivity contribution in [2.75, 3.05) is 0 Å². The van der Waals surface area contributed by atoms with Gasteiger partial charge in [0.15, 0.2) is 0 Å². The molecule has 0 amide bonds. The Morgan fingerprint density at radius 2 is 2.00 bits per heavy atom. The number of allylic oxidation sites excluding steroid dienone is 1. The van der Waals surface area contributed by atoms with Crippen LogP contribution < -0.4 is 0 Å². The molecular weight excluding hydrogens is 405 g/mol. The molecule has 32 heavy (non-hydrogen) atoms. The molecule has 170 valence electrons. The summed E-state index contributed by atoms with van der Waals surface area (Å²) in [6, 6.07) is 7.66. The summed E-state index contributed by atoms with van der Waals surface area (Å²) in [6.45, 7) is 15.3. The van der Waals surface area contributed by atoms with Gasteiger partial charge in [0.25, 0.3) is 0 Å². The molecule has 0 aliphatic rings. The van der Waals surface area contributed by atoms with E-state index in [4.69, 9.17) is 9.52 Å². The Labute approximate surface area is 190 Å². The van der Waals surface area contributed by atoms with Gasteiger partial charge < -0.3 is 14.5 Å². The van der Waals surface area contributed by atoms with Crippen LogP contribution in [0.4, 0.5) is 10.1 Å². The van der Waals surface area contributed by atoms with E-state index in [1.54, 1.807) is 12.3 Å². The van der Waals surface area contributed by atoms with Crippen molar-refractivity contribution >= 4 is 11.5 Å². The number of aliphatic hydroxyl groups excluding tert-OH is 1. The Morgan fingerprint density at radius 3 is 2.59 bits per heavy atom. The highest BCUT2D eigenvalue weighted by Crippen LogP contribution is 2.28. The predicted octanol–water partition coefficient (Wildman–Crippen LogP) is 7.49. The van der Waals surface area contributed by atoms with Crippen molar-refractivity contribution in [3.05, 3.63) is 85.8 Å². The van der Waals surface area contributed by atoms with E-state index in [0.717, 1.165) is 46.9 Å². The van der Waals surface area contributed by atoms with E-state index in [2.05, 4.69) is 24.9 Å². The summed E-state index contributed by atoms with van der Waals surface area (Å²) >= 11 is 0. The number of aliphatic hydroxyl groups is 1. The first kappa shape index (κ1) is 24.9. The van der Waals surface area contributed by atoms with Gasteiger partial charge in [-0.25, -0.2) is 9.38 Å². The Balaban J connectivity index is 2.43. The number of halogens is 1. The molecule has 6 heteroatoms. The molecule has 1 atom stereocenters. The number of aryl methyl sites for hydroxylation is 2. The van der Waals surface area contributed by atoms with Crippen LogP contribution in [0.1, 0.15) is 43.4 Å². The summed E-state index contributed by atoms with van der Waals surface area (Å²) in [5.74, 6) is 1.70. The van der Waals surface area contributed by atoms with Gasteiger partial charge >= 0.3 is 0 Å². The fourth-order valence-corrected chi connectivity index (χ4v) is 3.33. The van der Waals surface area contributed by atoms with E-state index in [0.29, 0.717) is 25.6 Å². The van der Waals surface area contributed by atoms with Crippen molar-refractivity contribution in [1.29, 1.82) is 0 Å². The SMILES string of the molecule is C=CC(C/C=C/F)N(C=C)/C(CCCCC(=C)O)=N\c1cc(-c2cc(C)on2)ccc1C. The molecule has 1 aromatic heterocycles. The molecule has 0 fully saturated rings. The van der Waals surface area contributed by atoms with Crippen LogP contribution in [-0.2, 0) is 0 Å². The number of nitrogens with zero attached hydrogens (tertiary/aromatic N) is 3. The minimum absolute atomic E-state index is 0.174. The van der Waals surface area contributed by atoms with Gasteiger partial charge in [-0.2, -0.15) is 0 Å². The molecule has 1 heterocycles. The number of aromatic nitrogens is 1. The summed E-state index contributed by atoms with van der Waals surface area (Å²) in [5, 5.41) is 13.5. The van der Waals surface area contributed by atoms with Crippen LogP contribution in [0, 0.1) is 13.8 Å². The molecular formula is C26H32FN3O2. The van der Waals surface area contributed by atoms with E-state index >= 15 is 0 Å². The summed E-state index contributed by atoms with van der Waals surface area (Å²) < 4.78 is 17.9. The van der Waals surface area contributed by atoms with E-state index in [1.807, 2.05) is 43.0 Å². The lowest BCUT2D eigenvalue weighted by Crippen LogP contribution is -2.34. The van der Waals surface area contributed by atoms with Crippen molar-refractivity contribution in [3.8, 4) is 11.3 Å². The van der Waals surface area contributed by atoms with Crippen molar-refractivity contribution in [2.45, 2.75) is 52.0 Å². The summed E-state index contributed by atoms with van der Waals surface area (Å²) in [7, 11) is 0. The lowest BCUT2D eigenvalue weighted by Gasteiger charge is -2.29. The van der Waals surface area contributed by atoms with E-state index < -0.39 is 0 Å². The normalized spacial score (nSPS) is 12.7. The fourth-order valence-electron chi connectivity index (χ4n) is 3.33. The largest absolute Gasteiger partial charge is 0.513 e. The molecule has 1 unspecified atom stereocenters. The highest BCUT2D eigenvalue weighted by atomic mass is 19.1. The number of benzene rings is 1. The third-order valence-corrected chi connectivity index (χ3v) is 5.09. The van der Waals surface area contributed by atoms with E-state index in [9.17, 15) is 9.50 Å². The van der Waals surface area contributed by atoms with Crippen molar-refractivity contribution in [3.63, 3.8) is 0 Å². The van der Waals surface area contributed by atoms with Crippen LogP contribution in [0.15, 0.2) is 84.0 Å². The van der Waals surface area contributed by atoms with Gasteiger partial charge in [0.05, 0.1) is 23.8 Å². The maximum Gasteiger partial charge on any atom is 0.134 e. The van der Waals surface area contributed by atoms with Gasteiger partial charge in [-0.3, -0.25) is 0 Å². The summed E-state index contributed by atoms with van der Waals surface area (Å²) in [5.41, 5.74) is 3.48. The van der Waals surface area contributed by atoms with Crippen LogP contribution in [0.5, 0.6) is 0 Å². The zero-order valence-electron chi connectivity index (χ0n) is 18.9. The first-order chi connectivity index (χ1) is 15.4. The average molecular weight is 438 g/mol. The number of unbranched alkanes of at least 4 members (excludes halogenated alkanes) is 1. The molecule has 0 spiro atoms. The molecule has 1 N–H and O–H groups in total. The molecule has 0 saturated heterocycles. The third kappa shape index (κ3) is 7.08. The molecule has 0 aliphatic carbocycles. The van der Waals surface area contributed by atoms with Crippen LogP contribution in [-0.4, -0.2) is 27.0 Å². The third-order valence-electron chi connectivity index (χ3n) is 5.09. The van der Waals surface area contributed by atoms with Crippen molar-refractivity contribution < 1.29 is 14.0 Å². The highest BCUT2D eigenvalue weighted by molar-refractivity contribution is 5.87. The Bertz CT molecular complexity index is 991. The minimum atomic E-state index is -0.187. The molecule has 0 bridgehead atoms. The maximum absolute atomic E-state index is 12.7. The van der Waals surface area contributed by atoms with E-state index in [1.165, 1.54) is 6.08 Å². The van der Waals surface area contributed by atoms with Gasteiger partial charge in [-0.1, -0.05) is 42.6 Å². The topological polar surface area (TPSA) is 61.9 Å². The molecule has 0 saturated carbocycles. The predicted molar refractivity (Wildman–Crippen MR) is 130 cm³/mol. The smallest absolute Gasteiger partial charge is 0.134 e. The molecule has 5 nitrogen and oxygen atoms in total. The number of amidine groups is 1. The second-order valence-electron chi connectivity index (χ2n) is 7.62. The molecule has 0 aliphatic heterocycles. The first-order valence-corrected chi connectivity index (χ1v) is 10.7. The minimum Gasteiger partial charge on any atom is -0.513 e. The van der Waals surface area contributed by atoms with Gasteiger partial charge in [0, 0.05) is 24.5 Å². The average Bonchev–Trinajstić information content (AvgIpc) is 3.21. The van der Waals surface area contributed by atoms with Gasteiger partial charge in [0.2, 0.25) is 0 Å². The monoisotopic (exact) mass is 437 g/mol. The summed E-state index contributed by atoms with van der Waals surface area (Å²) in [4.78, 5) is 6.90. The zero-order valence-corrected chi connectivity index (χ0v) is 18.9. The van der Waals surface area contributed by atoms with Crippen LogP contribution in [0.2, 0.25) is 0 Å². The second-order valence-corrected chi connectivity index (χ2v) is 7.62. The van der Waals surface area contributed by atoms with Crippen LogP contribution >= 0.6 is 0 Å². The lowest BCUT2D eigenvalue weighted by molar-refractivity contribution is 0.384. The number of hydrogen-bond donors (Lipinski definition) is 1. The lowest BCUT2D eigenvalue weighted by atomic mass is 10.1. The Morgan fingerprint density at radius 1 is 1.25 bits per heavy atom. The Hall–Kier alpha value is -3.41. The van der Waals surface area contributed by atoms with Crippen molar-refractivity contribution in [2.24, 2.45) is 4.99 Å². The summed E-state index contributed by atoms with van der Waals surface area (Å²) in [6.07, 6.45) is 8.65.